The zero-order chi connectivity index (χ0) is 14.7. The molecule has 0 spiro atoms. The summed E-state index contributed by atoms with van der Waals surface area (Å²) in [6.07, 6.45) is 0. The van der Waals surface area contributed by atoms with Crippen LogP contribution in [-0.2, 0) is 18.9 Å². The fourth-order valence-electron chi connectivity index (χ4n) is 2.21. The van der Waals surface area contributed by atoms with Crippen molar-refractivity contribution in [3.8, 4) is 0 Å². The minimum atomic E-state index is -0.956. The molecular weight excluding hydrogens is 257 g/mol. The van der Waals surface area contributed by atoms with Crippen LogP contribution < -0.4 is 5.46 Å². The smallest absolute Gasteiger partial charge is 0.494 e. The van der Waals surface area contributed by atoms with E-state index in [-0.39, 0.29) is 19.0 Å². The summed E-state index contributed by atoms with van der Waals surface area (Å²) in [6.45, 7) is 4.24. The van der Waals surface area contributed by atoms with Crippen LogP contribution in [0.2, 0.25) is 0 Å². The van der Waals surface area contributed by atoms with Crippen molar-refractivity contribution in [3.63, 3.8) is 0 Å². The Bertz CT molecular complexity index is 498. The Labute approximate surface area is 119 Å². The van der Waals surface area contributed by atoms with Crippen LogP contribution in [0.3, 0.4) is 0 Å². The number of hydrogen-bond acceptors (Lipinski definition) is 5. The Hall–Kier alpha value is -1.82. The number of nitrogens with zero attached hydrogens (tertiary/aromatic N) is 1. The van der Waals surface area contributed by atoms with Crippen LogP contribution in [0.1, 0.15) is 25.3 Å². The number of rotatable bonds is 2. The number of carbonyl (C=O) groups is 2. The molecular formula is C14H18BNO4. The maximum Gasteiger partial charge on any atom is 0.636 e. The van der Waals surface area contributed by atoms with Crippen molar-refractivity contribution < 1.29 is 18.9 Å². The summed E-state index contributed by atoms with van der Waals surface area (Å²) in [5, 5.41) is 0. The second-order valence-corrected chi connectivity index (χ2v) is 5.27. The number of likely N-dealkylation sites (N-methyl/N-ethyl adjacent to an activating group) is 1. The van der Waals surface area contributed by atoms with E-state index in [9.17, 15) is 9.59 Å². The first-order valence-electron chi connectivity index (χ1n) is 6.63. The molecule has 6 heteroatoms. The molecule has 20 heavy (non-hydrogen) atoms. The average molecular weight is 275 g/mol. The molecule has 1 aromatic carbocycles. The van der Waals surface area contributed by atoms with Crippen LogP contribution in [0, 0.1) is 0 Å². The first-order chi connectivity index (χ1) is 9.47. The van der Waals surface area contributed by atoms with Crippen LogP contribution in [0.5, 0.6) is 0 Å². The van der Waals surface area contributed by atoms with E-state index in [2.05, 4.69) is 0 Å². The van der Waals surface area contributed by atoms with Crippen molar-refractivity contribution in [2.24, 2.45) is 0 Å². The normalized spacial score (nSPS) is 17.5. The minimum Gasteiger partial charge on any atom is -0.494 e. The van der Waals surface area contributed by atoms with E-state index in [1.807, 2.05) is 38.1 Å². The summed E-state index contributed by atoms with van der Waals surface area (Å²) in [5.74, 6) is -0.552. The molecule has 0 radical (unpaired) electrons. The molecule has 0 bridgehead atoms. The largest absolute Gasteiger partial charge is 0.636 e. The van der Waals surface area contributed by atoms with Gasteiger partial charge >= 0.3 is 19.1 Å². The highest BCUT2D eigenvalue weighted by molar-refractivity contribution is 6.65. The molecule has 1 saturated heterocycles. The van der Waals surface area contributed by atoms with Gasteiger partial charge in [-0.25, -0.2) is 0 Å². The van der Waals surface area contributed by atoms with Crippen LogP contribution in [0.15, 0.2) is 24.3 Å². The second-order valence-electron chi connectivity index (χ2n) is 5.27. The molecule has 0 saturated carbocycles. The minimum absolute atomic E-state index is 0.0788. The highest BCUT2D eigenvalue weighted by Crippen LogP contribution is 2.13. The Balaban J connectivity index is 2.30. The van der Waals surface area contributed by atoms with Crippen molar-refractivity contribution in [1.82, 2.24) is 4.90 Å². The third-order valence-corrected chi connectivity index (χ3v) is 3.15. The molecule has 106 valence electrons. The predicted octanol–water partition coefficient (Wildman–Crippen LogP) is 0.537. The Kier molecular flexibility index (Phi) is 4.44. The van der Waals surface area contributed by atoms with Crippen LogP contribution in [-0.4, -0.2) is 44.1 Å². The first-order valence-corrected chi connectivity index (χ1v) is 6.63. The van der Waals surface area contributed by atoms with E-state index >= 15 is 0 Å². The molecule has 0 amide bonds. The van der Waals surface area contributed by atoms with Gasteiger partial charge in [-0.15, -0.1) is 0 Å². The quantitative estimate of drug-likeness (QED) is 0.737. The SMILES string of the molecule is CC(C)c1ccccc1B1OC(=O)CN(C)CC(=O)O1. The lowest BCUT2D eigenvalue weighted by molar-refractivity contribution is -0.145. The maximum absolute atomic E-state index is 11.8. The van der Waals surface area contributed by atoms with E-state index in [1.54, 1.807) is 11.9 Å². The van der Waals surface area contributed by atoms with Gasteiger partial charge < -0.3 is 9.31 Å². The van der Waals surface area contributed by atoms with Gasteiger partial charge in [-0.1, -0.05) is 38.1 Å². The number of carbonyl (C=O) groups excluding carboxylic acids is 2. The molecule has 0 unspecified atom stereocenters. The highest BCUT2D eigenvalue weighted by Gasteiger charge is 2.35. The number of hydrogen-bond donors (Lipinski definition) is 0. The zero-order valence-corrected chi connectivity index (χ0v) is 12.0. The first kappa shape index (κ1) is 14.6. The molecule has 0 aromatic heterocycles. The summed E-state index contributed by atoms with van der Waals surface area (Å²) in [5.41, 5.74) is 1.74. The average Bonchev–Trinajstić information content (AvgIpc) is 2.35. The molecule has 2 rings (SSSR count). The van der Waals surface area contributed by atoms with Gasteiger partial charge in [-0.3, -0.25) is 14.5 Å². The van der Waals surface area contributed by atoms with Crippen LogP contribution >= 0.6 is 0 Å². The molecule has 0 N–H and O–H groups in total. The highest BCUT2D eigenvalue weighted by atomic mass is 16.6. The lowest BCUT2D eigenvalue weighted by Gasteiger charge is -2.24. The Morgan fingerprint density at radius 3 is 2.20 bits per heavy atom. The van der Waals surface area contributed by atoms with Gasteiger partial charge in [0.2, 0.25) is 0 Å². The molecule has 1 fully saturated rings. The van der Waals surface area contributed by atoms with Crippen molar-refractivity contribution >= 4 is 24.5 Å². The van der Waals surface area contributed by atoms with Crippen LogP contribution in [0.4, 0.5) is 0 Å². The lowest BCUT2D eigenvalue weighted by Crippen LogP contribution is -2.48. The number of benzene rings is 1. The fraction of sp³-hybridized carbons (Fsp3) is 0.429. The third-order valence-electron chi connectivity index (χ3n) is 3.15. The van der Waals surface area contributed by atoms with E-state index in [1.165, 1.54) is 0 Å². The van der Waals surface area contributed by atoms with Crippen molar-refractivity contribution in [1.29, 1.82) is 0 Å². The summed E-state index contributed by atoms with van der Waals surface area (Å²) in [7, 11) is 0.715. The molecule has 0 atom stereocenters. The monoisotopic (exact) mass is 275 g/mol. The van der Waals surface area contributed by atoms with Gasteiger partial charge in [0.1, 0.15) is 0 Å². The summed E-state index contributed by atoms with van der Waals surface area (Å²) >= 11 is 0. The fourth-order valence-corrected chi connectivity index (χ4v) is 2.21. The topological polar surface area (TPSA) is 55.8 Å². The van der Waals surface area contributed by atoms with Gasteiger partial charge in [0.25, 0.3) is 0 Å². The van der Waals surface area contributed by atoms with Gasteiger partial charge in [0.15, 0.2) is 0 Å². The van der Waals surface area contributed by atoms with Crippen LogP contribution in [0.25, 0.3) is 0 Å². The second kappa shape index (κ2) is 6.09. The molecule has 1 aromatic rings. The lowest BCUT2D eigenvalue weighted by atomic mass is 9.73. The summed E-state index contributed by atoms with van der Waals surface area (Å²) in [6, 6.07) is 7.53. The van der Waals surface area contributed by atoms with Crippen molar-refractivity contribution in [2.45, 2.75) is 19.8 Å². The Morgan fingerprint density at radius 1 is 1.10 bits per heavy atom. The van der Waals surface area contributed by atoms with E-state index in [0.717, 1.165) is 11.0 Å². The zero-order valence-electron chi connectivity index (χ0n) is 12.0. The van der Waals surface area contributed by atoms with E-state index in [0.29, 0.717) is 0 Å². The van der Waals surface area contributed by atoms with E-state index < -0.39 is 19.1 Å². The van der Waals surface area contributed by atoms with Crippen molar-refractivity contribution in [2.75, 3.05) is 20.1 Å². The summed E-state index contributed by atoms with van der Waals surface area (Å²) < 4.78 is 10.6. The van der Waals surface area contributed by atoms with Crippen molar-refractivity contribution in [3.05, 3.63) is 29.8 Å². The summed E-state index contributed by atoms with van der Waals surface area (Å²) in [4.78, 5) is 25.1. The molecule has 0 aliphatic carbocycles. The molecule has 1 heterocycles. The van der Waals surface area contributed by atoms with Gasteiger partial charge in [0.05, 0.1) is 13.1 Å². The van der Waals surface area contributed by atoms with Gasteiger partial charge in [-0.2, -0.15) is 0 Å². The van der Waals surface area contributed by atoms with Gasteiger partial charge in [0, 0.05) is 5.46 Å². The van der Waals surface area contributed by atoms with E-state index in [4.69, 9.17) is 9.31 Å². The standard InChI is InChI=1S/C14H18BNO4/c1-10(2)11-6-4-5-7-12(11)15-19-13(17)8-16(3)9-14(18)20-15/h4-7,10H,8-9H2,1-3H3. The maximum atomic E-state index is 11.8. The van der Waals surface area contributed by atoms with Gasteiger partial charge in [-0.05, 0) is 18.5 Å². The molecule has 5 nitrogen and oxygen atoms in total. The Morgan fingerprint density at radius 2 is 1.65 bits per heavy atom. The molecule has 1 aliphatic rings. The third kappa shape index (κ3) is 3.39. The predicted molar refractivity (Wildman–Crippen MR) is 75.6 cm³/mol. The molecule has 1 aliphatic heterocycles.